The third kappa shape index (κ3) is 3.35. The zero-order chi connectivity index (χ0) is 13.8. The molecular formula is C15H20N2O2. The van der Waals surface area contributed by atoms with Crippen LogP contribution in [0.4, 0.5) is 0 Å². The molecule has 0 amide bonds. The molecule has 0 spiro atoms. The topological polar surface area (TPSA) is 47.3 Å². The number of aromatic nitrogens is 1. The van der Waals surface area contributed by atoms with Gasteiger partial charge in [-0.15, -0.1) is 0 Å². The van der Waals surface area contributed by atoms with Crippen LogP contribution in [0.2, 0.25) is 0 Å². The Bertz CT molecular complexity index is 529. The van der Waals surface area contributed by atoms with Gasteiger partial charge in [0, 0.05) is 6.04 Å². The second kappa shape index (κ2) is 5.89. The van der Waals surface area contributed by atoms with Gasteiger partial charge in [-0.25, -0.2) is 4.98 Å². The van der Waals surface area contributed by atoms with Crippen molar-refractivity contribution in [2.45, 2.75) is 33.4 Å². The first kappa shape index (κ1) is 13.6. The maximum Gasteiger partial charge on any atom is 0.208 e. The van der Waals surface area contributed by atoms with Gasteiger partial charge in [0.25, 0.3) is 0 Å². The predicted molar refractivity (Wildman–Crippen MR) is 74.2 cm³/mol. The summed E-state index contributed by atoms with van der Waals surface area (Å²) in [5, 5.41) is 3.40. The van der Waals surface area contributed by atoms with E-state index < -0.39 is 0 Å². The van der Waals surface area contributed by atoms with Gasteiger partial charge < -0.3 is 14.5 Å². The minimum atomic E-state index is 0.211. The maximum absolute atomic E-state index is 5.55. The number of hydrogen-bond acceptors (Lipinski definition) is 4. The van der Waals surface area contributed by atoms with E-state index in [0.717, 1.165) is 23.1 Å². The molecule has 0 aliphatic heterocycles. The Hall–Kier alpha value is -1.81. The number of aryl methyl sites for hydroxylation is 2. The van der Waals surface area contributed by atoms with Gasteiger partial charge >= 0.3 is 0 Å². The minimum Gasteiger partial charge on any atom is -0.497 e. The largest absolute Gasteiger partial charge is 0.497 e. The van der Waals surface area contributed by atoms with Crippen molar-refractivity contribution < 1.29 is 9.15 Å². The minimum absolute atomic E-state index is 0.211. The number of ether oxygens (including phenoxy) is 1. The fraction of sp³-hybridized carbons (Fsp3) is 0.400. The molecule has 0 saturated carbocycles. The Balaban J connectivity index is 1.98. The van der Waals surface area contributed by atoms with E-state index in [9.17, 15) is 0 Å². The van der Waals surface area contributed by atoms with Gasteiger partial charge in [0.05, 0.1) is 19.3 Å². The first-order valence-electron chi connectivity index (χ1n) is 6.40. The molecule has 102 valence electrons. The number of oxazole rings is 1. The van der Waals surface area contributed by atoms with Gasteiger partial charge in [-0.05, 0) is 38.5 Å². The SMILES string of the molecule is COc1cccc([C@@H](C)NCc2nc(C)c(C)o2)c1. The molecule has 1 atom stereocenters. The number of methoxy groups -OCH3 is 1. The molecule has 0 aliphatic rings. The summed E-state index contributed by atoms with van der Waals surface area (Å²) in [7, 11) is 1.68. The number of rotatable bonds is 5. The molecule has 1 aromatic heterocycles. The van der Waals surface area contributed by atoms with Crippen molar-refractivity contribution in [3.63, 3.8) is 0 Å². The molecule has 2 aromatic rings. The third-order valence-electron chi connectivity index (χ3n) is 3.23. The zero-order valence-corrected chi connectivity index (χ0v) is 11.9. The quantitative estimate of drug-likeness (QED) is 0.897. The van der Waals surface area contributed by atoms with Gasteiger partial charge in [0.1, 0.15) is 11.5 Å². The average Bonchev–Trinajstić information content (AvgIpc) is 2.75. The monoisotopic (exact) mass is 260 g/mol. The van der Waals surface area contributed by atoms with Crippen molar-refractivity contribution in [3.05, 3.63) is 47.2 Å². The third-order valence-corrected chi connectivity index (χ3v) is 3.23. The molecule has 4 heteroatoms. The fourth-order valence-corrected chi connectivity index (χ4v) is 1.88. The Morgan fingerprint density at radius 3 is 2.79 bits per heavy atom. The van der Waals surface area contributed by atoms with E-state index in [1.807, 2.05) is 32.0 Å². The fourth-order valence-electron chi connectivity index (χ4n) is 1.88. The zero-order valence-electron chi connectivity index (χ0n) is 11.9. The number of nitrogens with one attached hydrogen (secondary N) is 1. The maximum atomic E-state index is 5.55. The van der Waals surface area contributed by atoms with Gasteiger partial charge in [-0.1, -0.05) is 12.1 Å². The Kier molecular flexibility index (Phi) is 4.22. The molecule has 1 aromatic carbocycles. The van der Waals surface area contributed by atoms with Gasteiger partial charge in [0.15, 0.2) is 0 Å². The van der Waals surface area contributed by atoms with Crippen LogP contribution in [0, 0.1) is 13.8 Å². The lowest BCUT2D eigenvalue weighted by Crippen LogP contribution is -2.18. The van der Waals surface area contributed by atoms with Crippen molar-refractivity contribution >= 4 is 0 Å². The van der Waals surface area contributed by atoms with Crippen LogP contribution in [-0.4, -0.2) is 12.1 Å². The highest BCUT2D eigenvalue weighted by atomic mass is 16.5. The van der Waals surface area contributed by atoms with Gasteiger partial charge in [-0.2, -0.15) is 0 Å². The summed E-state index contributed by atoms with van der Waals surface area (Å²) in [6.45, 7) is 6.61. The van der Waals surface area contributed by atoms with E-state index in [1.165, 1.54) is 5.56 Å². The molecule has 0 fully saturated rings. The molecule has 0 radical (unpaired) electrons. The van der Waals surface area contributed by atoms with E-state index in [-0.39, 0.29) is 6.04 Å². The van der Waals surface area contributed by atoms with Crippen LogP contribution in [0.3, 0.4) is 0 Å². The second-order valence-electron chi connectivity index (χ2n) is 4.63. The van der Waals surface area contributed by atoms with Gasteiger partial charge in [0.2, 0.25) is 5.89 Å². The van der Waals surface area contributed by atoms with Crippen LogP contribution in [0.15, 0.2) is 28.7 Å². The van der Waals surface area contributed by atoms with E-state index in [1.54, 1.807) is 7.11 Å². The second-order valence-corrected chi connectivity index (χ2v) is 4.63. The van der Waals surface area contributed by atoms with Crippen LogP contribution in [0.1, 0.15) is 35.9 Å². The molecule has 0 aliphatic carbocycles. The summed E-state index contributed by atoms with van der Waals surface area (Å²) in [5.41, 5.74) is 2.13. The average molecular weight is 260 g/mol. The predicted octanol–water partition coefficient (Wildman–Crippen LogP) is 3.15. The summed E-state index contributed by atoms with van der Waals surface area (Å²) < 4.78 is 10.8. The Labute approximate surface area is 113 Å². The molecule has 1 heterocycles. The molecular weight excluding hydrogens is 240 g/mol. The van der Waals surface area contributed by atoms with Gasteiger partial charge in [-0.3, -0.25) is 0 Å². The highest BCUT2D eigenvalue weighted by Gasteiger charge is 2.09. The van der Waals surface area contributed by atoms with E-state index >= 15 is 0 Å². The summed E-state index contributed by atoms with van der Waals surface area (Å²) in [6.07, 6.45) is 0. The smallest absolute Gasteiger partial charge is 0.208 e. The van der Waals surface area contributed by atoms with Crippen molar-refractivity contribution in [2.75, 3.05) is 7.11 Å². The van der Waals surface area contributed by atoms with Crippen molar-refractivity contribution in [1.29, 1.82) is 0 Å². The van der Waals surface area contributed by atoms with E-state index in [0.29, 0.717) is 6.54 Å². The lowest BCUT2D eigenvalue weighted by atomic mass is 10.1. The van der Waals surface area contributed by atoms with E-state index in [4.69, 9.17) is 9.15 Å². The molecule has 2 rings (SSSR count). The first-order valence-corrected chi connectivity index (χ1v) is 6.40. The molecule has 0 unspecified atom stereocenters. The normalized spacial score (nSPS) is 12.4. The number of nitrogens with zero attached hydrogens (tertiary/aromatic N) is 1. The Morgan fingerprint density at radius 1 is 1.37 bits per heavy atom. The highest BCUT2D eigenvalue weighted by Crippen LogP contribution is 2.19. The van der Waals surface area contributed by atoms with Crippen LogP contribution in [-0.2, 0) is 6.54 Å². The van der Waals surface area contributed by atoms with Crippen molar-refractivity contribution in [3.8, 4) is 5.75 Å². The van der Waals surface area contributed by atoms with Crippen LogP contribution < -0.4 is 10.1 Å². The molecule has 19 heavy (non-hydrogen) atoms. The van der Waals surface area contributed by atoms with Crippen LogP contribution in [0.5, 0.6) is 5.75 Å². The molecule has 0 saturated heterocycles. The lowest BCUT2D eigenvalue weighted by molar-refractivity contribution is 0.411. The Morgan fingerprint density at radius 2 is 2.16 bits per heavy atom. The molecule has 0 bridgehead atoms. The summed E-state index contributed by atoms with van der Waals surface area (Å²) >= 11 is 0. The first-order chi connectivity index (χ1) is 9.10. The van der Waals surface area contributed by atoms with Crippen LogP contribution in [0.25, 0.3) is 0 Å². The number of benzene rings is 1. The standard InChI is InChI=1S/C15H20N2O2/c1-10-12(3)19-15(17-10)9-16-11(2)13-6-5-7-14(8-13)18-4/h5-8,11,16H,9H2,1-4H3/t11-/m1/s1. The summed E-state index contributed by atoms with van der Waals surface area (Å²) in [5.74, 6) is 2.48. The summed E-state index contributed by atoms with van der Waals surface area (Å²) in [4.78, 5) is 4.36. The van der Waals surface area contributed by atoms with Crippen molar-refractivity contribution in [1.82, 2.24) is 10.3 Å². The highest BCUT2D eigenvalue weighted by molar-refractivity contribution is 5.30. The van der Waals surface area contributed by atoms with Crippen molar-refractivity contribution in [2.24, 2.45) is 0 Å². The van der Waals surface area contributed by atoms with E-state index in [2.05, 4.69) is 23.3 Å². The number of hydrogen-bond donors (Lipinski definition) is 1. The molecule has 4 nitrogen and oxygen atoms in total. The van der Waals surface area contributed by atoms with Crippen LogP contribution >= 0.6 is 0 Å². The molecule has 1 N–H and O–H groups in total. The summed E-state index contributed by atoms with van der Waals surface area (Å²) in [6, 6.07) is 8.25. The lowest BCUT2D eigenvalue weighted by Gasteiger charge is -2.13.